The van der Waals surface area contributed by atoms with Gasteiger partial charge in [0.05, 0.1) is 6.61 Å². The lowest BCUT2D eigenvalue weighted by Crippen LogP contribution is -2.22. The van der Waals surface area contributed by atoms with Crippen molar-refractivity contribution in [1.82, 2.24) is 5.32 Å². The molecule has 0 radical (unpaired) electrons. The monoisotopic (exact) mass is 259 g/mol. The zero-order valence-corrected chi connectivity index (χ0v) is 11.4. The van der Waals surface area contributed by atoms with Gasteiger partial charge in [-0.1, -0.05) is 43.4 Å². The van der Waals surface area contributed by atoms with Gasteiger partial charge in [0.2, 0.25) is 5.91 Å². The SMILES string of the molecule is CCCCC(=O)NCc1ccccc1C#CCCO. The summed E-state index contributed by atoms with van der Waals surface area (Å²) < 4.78 is 0. The minimum atomic E-state index is 0.0723. The summed E-state index contributed by atoms with van der Waals surface area (Å²) in [7, 11) is 0. The Balaban J connectivity index is 2.58. The Bertz CT molecular complexity index is 457. The van der Waals surface area contributed by atoms with E-state index in [1.54, 1.807) is 0 Å². The molecule has 3 heteroatoms. The number of amides is 1. The molecule has 0 aromatic heterocycles. The molecule has 0 aliphatic rings. The van der Waals surface area contributed by atoms with E-state index in [1.807, 2.05) is 24.3 Å². The lowest BCUT2D eigenvalue weighted by Gasteiger charge is -2.07. The molecule has 0 atom stereocenters. The minimum Gasteiger partial charge on any atom is -0.395 e. The molecule has 0 fully saturated rings. The predicted octanol–water partition coefficient (Wildman–Crippen LogP) is 2.23. The molecular formula is C16H21NO2. The molecule has 0 spiro atoms. The van der Waals surface area contributed by atoms with E-state index in [9.17, 15) is 4.79 Å². The quantitative estimate of drug-likeness (QED) is 0.770. The molecule has 3 nitrogen and oxygen atoms in total. The van der Waals surface area contributed by atoms with Crippen LogP contribution < -0.4 is 5.32 Å². The Morgan fingerprint density at radius 3 is 2.89 bits per heavy atom. The van der Waals surface area contributed by atoms with Gasteiger partial charge in [0.1, 0.15) is 0 Å². The first kappa shape index (κ1) is 15.3. The second-order valence-corrected chi connectivity index (χ2v) is 4.31. The number of hydrogen-bond donors (Lipinski definition) is 2. The van der Waals surface area contributed by atoms with Crippen molar-refractivity contribution in [3.8, 4) is 11.8 Å². The summed E-state index contributed by atoms with van der Waals surface area (Å²) in [6.07, 6.45) is 2.99. The van der Waals surface area contributed by atoms with Gasteiger partial charge in [-0.3, -0.25) is 4.79 Å². The Morgan fingerprint density at radius 2 is 2.16 bits per heavy atom. The van der Waals surface area contributed by atoms with E-state index in [0.717, 1.165) is 24.0 Å². The summed E-state index contributed by atoms with van der Waals surface area (Å²) in [6, 6.07) is 7.75. The standard InChI is InChI=1S/C16H21NO2/c1-2-3-11-16(19)17-13-15-10-5-4-8-14(15)9-6-7-12-18/h4-5,8,10,18H,2-3,7,11-13H2,1H3,(H,17,19). The zero-order chi connectivity index (χ0) is 13.9. The third-order valence-corrected chi connectivity index (χ3v) is 2.71. The largest absolute Gasteiger partial charge is 0.395 e. The topological polar surface area (TPSA) is 49.3 Å². The number of rotatable bonds is 6. The van der Waals surface area contributed by atoms with Gasteiger partial charge in [-0.25, -0.2) is 0 Å². The third-order valence-electron chi connectivity index (χ3n) is 2.71. The van der Waals surface area contributed by atoms with Crippen LogP contribution >= 0.6 is 0 Å². The van der Waals surface area contributed by atoms with Crippen molar-refractivity contribution < 1.29 is 9.90 Å². The second-order valence-electron chi connectivity index (χ2n) is 4.31. The van der Waals surface area contributed by atoms with Gasteiger partial charge in [-0.05, 0) is 18.1 Å². The van der Waals surface area contributed by atoms with Gasteiger partial charge >= 0.3 is 0 Å². The average Bonchev–Trinajstić information content (AvgIpc) is 2.44. The minimum absolute atomic E-state index is 0.0723. The van der Waals surface area contributed by atoms with Crippen LogP contribution in [0.3, 0.4) is 0 Å². The summed E-state index contributed by atoms with van der Waals surface area (Å²) in [5.74, 6) is 6.00. The first-order valence-electron chi connectivity index (χ1n) is 6.72. The van der Waals surface area contributed by atoms with E-state index >= 15 is 0 Å². The van der Waals surface area contributed by atoms with Crippen LogP contribution in [-0.4, -0.2) is 17.6 Å². The molecule has 0 aliphatic carbocycles. The Labute approximate surface area is 115 Å². The normalized spacial score (nSPS) is 9.58. The van der Waals surface area contributed by atoms with Crippen molar-refractivity contribution in [3.63, 3.8) is 0 Å². The lowest BCUT2D eigenvalue weighted by molar-refractivity contribution is -0.121. The number of benzene rings is 1. The van der Waals surface area contributed by atoms with Gasteiger partial charge in [0.25, 0.3) is 0 Å². The smallest absolute Gasteiger partial charge is 0.220 e. The lowest BCUT2D eigenvalue weighted by atomic mass is 10.1. The molecule has 0 saturated carbocycles. The highest BCUT2D eigenvalue weighted by Crippen LogP contribution is 2.07. The molecule has 0 saturated heterocycles. The number of aliphatic hydroxyl groups excluding tert-OH is 1. The molecule has 2 N–H and O–H groups in total. The molecule has 19 heavy (non-hydrogen) atoms. The number of unbranched alkanes of at least 4 members (excludes halogenated alkanes) is 1. The number of aliphatic hydroxyl groups is 1. The van der Waals surface area contributed by atoms with Crippen LogP contribution in [0.15, 0.2) is 24.3 Å². The molecule has 1 amide bonds. The number of nitrogens with one attached hydrogen (secondary N) is 1. The Morgan fingerprint density at radius 1 is 1.37 bits per heavy atom. The fourth-order valence-corrected chi connectivity index (χ4v) is 1.63. The highest BCUT2D eigenvalue weighted by molar-refractivity contribution is 5.75. The van der Waals surface area contributed by atoms with Gasteiger partial charge in [0, 0.05) is 24.9 Å². The molecule has 0 unspecified atom stereocenters. The van der Waals surface area contributed by atoms with Crippen molar-refractivity contribution in [3.05, 3.63) is 35.4 Å². The first-order valence-corrected chi connectivity index (χ1v) is 6.72. The number of carbonyl (C=O) groups is 1. The molecule has 1 aromatic rings. The fourth-order valence-electron chi connectivity index (χ4n) is 1.63. The molecule has 1 rings (SSSR count). The average molecular weight is 259 g/mol. The first-order chi connectivity index (χ1) is 9.27. The third kappa shape index (κ3) is 6.08. The summed E-state index contributed by atoms with van der Waals surface area (Å²) in [5, 5.41) is 11.6. The number of hydrogen-bond acceptors (Lipinski definition) is 2. The van der Waals surface area contributed by atoms with E-state index in [4.69, 9.17) is 5.11 Å². The maximum absolute atomic E-state index is 11.6. The van der Waals surface area contributed by atoms with E-state index in [0.29, 0.717) is 19.4 Å². The van der Waals surface area contributed by atoms with Crippen LogP contribution in [-0.2, 0) is 11.3 Å². The van der Waals surface area contributed by atoms with Crippen LogP contribution in [0.2, 0.25) is 0 Å². The van der Waals surface area contributed by atoms with Crippen molar-refractivity contribution in [2.75, 3.05) is 6.61 Å². The van der Waals surface area contributed by atoms with Crippen LogP contribution in [0.4, 0.5) is 0 Å². The van der Waals surface area contributed by atoms with E-state index in [2.05, 4.69) is 24.1 Å². The molecule has 0 aliphatic heterocycles. The van der Waals surface area contributed by atoms with E-state index in [-0.39, 0.29) is 12.5 Å². The van der Waals surface area contributed by atoms with E-state index in [1.165, 1.54) is 0 Å². The Kier molecular flexibility index (Phi) is 7.38. The highest BCUT2D eigenvalue weighted by atomic mass is 16.2. The second kappa shape index (κ2) is 9.18. The van der Waals surface area contributed by atoms with Crippen LogP contribution in [0.1, 0.15) is 43.7 Å². The fraction of sp³-hybridized carbons (Fsp3) is 0.438. The highest BCUT2D eigenvalue weighted by Gasteiger charge is 2.02. The summed E-state index contributed by atoms with van der Waals surface area (Å²) >= 11 is 0. The van der Waals surface area contributed by atoms with Crippen LogP contribution in [0, 0.1) is 11.8 Å². The molecule has 102 valence electrons. The molecule has 0 bridgehead atoms. The van der Waals surface area contributed by atoms with Gasteiger partial charge in [0.15, 0.2) is 0 Å². The van der Waals surface area contributed by atoms with Gasteiger partial charge < -0.3 is 10.4 Å². The van der Waals surface area contributed by atoms with E-state index < -0.39 is 0 Å². The summed E-state index contributed by atoms with van der Waals surface area (Å²) in [5.41, 5.74) is 1.92. The number of carbonyl (C=O) groups excluding carboxylic acids is 1. The van der Waals surface area contributed by atoms with Crippen molar-refractivity contribution in [1.29, 1.82) is 0 Å². The summed E-state index contributed by atoms with van der Waals surface area (Å²) in [4.78, 5) is 11.6. The Hall–Kier alpha value is -1.79. The summed E-state index contributed by atoms with van der Waals surface area (Å²) in [6.45, 7) is 2.65. The maximum atomic E-state index is 11.6. The van der Waals surface area contributed by atoms with Crippen molar-refractivity contribution >= 4 is 5.91 Å². The van der Waals surface area contributed by atoms with Crippen LogP contribution in [0.25, 0.3) is 0 Å². The predicted molar refractivity (Wildman–Crippen MR) is 76.4 cm³/mol. The molecule has 0 heterocycles. The zero-order valence-electron chi connectivity index (χ0n) is 11.4. The molecular weight excluding hydrogens is 238 g/mol. The van der Waals surface area contributed by atoms with Crippen molar-refractivity contribution in [2.45, 2.75) is 39.2 Å². The van der Waals surface area contributed by atoms with Gasteiger partial charge in [-0.2, -0.15) is 0 Å². The van der Waals surface area contributed by atoms with Crippen molar-refractivity contribution in [2.24, 2.45) is 0 Å². The molecule has 1 aromatic carbocycles. The maximum Gasteiger partial charge on any atom is 0.220 e. The van der Waals surface area contributed by atoms with Crippen LogP contribution in [0.5, 0.6) is 0 Å². The van der Waals surface area contributed by atoms with Gasteiger partial charge in [-0.15, -0.1) is 0 Å².